The highest BCUT2D eigenvalue weighted by molar-refractivity contribution is 9.18. The van der Waals surface area contributed by atoms with Crippen molar-refractivity contribution in [2.24, 2.45) is 0 Å². The lowest BCUT2D eigenvalue weighted by Gasteiger charge is -2.20. The molecule has 0 radical (unpaired) electrons. The molecule has 0 unspecified atom stereocenters. The Kier molecular flexibility index (Phi) is 6.16. The number of pyridine rings is 1. The molecule has 1 amide bonds. The molecule has 0 spiro atoms. The number of carbonyl (C=O) groups excluding carboxylic acids is 1. The van der Waals surface area contributed by atoms with E-state index in [4.69, 9.17) is 10.1 Å². The van der Waals surface area contributed by atoms with E-state index in [1.54, 1.807) is 4.90 Å². The van der Waals surface area contributed by atoms with E-state index in [2.05, 4.69) is 26.2 Å². The Morgan fingerprint density at radius 2 is 2.17 bits per heavy atom. The molecule has 0 saturated carbocycles. The van der Waals surface area contributed by atoms with Crippen molar-refractivity contribution in [1.82, 2.24) is 9.88 Å². The highest BCUT2D eigenvalue weighted by Gasteiger charge is 2.28. The molecule has 1 fully saturated rings. The summed E-state index contributed by atoms with van der Waals surface area (Å²) in [5.74, 6) is -0.372. The molecule has 24 heavy (non-hydrogen) atoms. The normalized spacial score (nSPS) is 15.8. The summed E-state index contributed by atoms with van der Waals surface area (Å²) in [6.45, 7) is 0.615. The second-order valence-corrected chi connectivity index (χ2v) is 5.95. The van der Waals surface area contributed by atoms with Crippen molar-refractivity contribution in [3.63, 3.8) is 0 Å². The van der Waals surface area contributed by atoms with E-state index in [9.17, 15) is 18.0 Å². The number of ether oxygens (including phenoxy) is 1. The van der Waals surface area contributed by atoms with E-state index >= 15 is 0 Å². The first-order chi connectivity index (χ1) is 11.3. The van der Waals surface area contributed by atoms with E-state index in [1.807, 2.05) is 0 Å². The first-order valence-electron chi connectivity index (χ1n) is 7.20. The summed E-state index contributed by atoms with van der Waals surface area (Å²) >= 11 is 2.91. The molecule has 2 rings (SSSR count). The van der Waals surface area contributed by atoms with Gasteiger partial charge in [0, 0.05) is 37.1 Å². The number of carbonyl (C=O) groups is 1. The molecule has 0 aromatic carbocycles. The maximum absolute atomic E-state index is 12.5. The first kappa shape index (κ1) is 18.7. The van der Waals surface area contributed by atoms with Crippen LogP contribution in [0.15, 0.2) is 12.3 Å². The number of amides is 1. The third-order valence-corrected chi connectivity index (χ3v) is 3.78. The molecule has 1 aromatic heterocycles. The Labute approximate surface area is 145 Å². The van der Waals surface area contributed by atoms with E-state index in [0.29, 0.717) is 32.7 Å². The Balaban J connectivity index is 2.23. The summed E-state index contributed by atoms with van der Waals surface area (Å²) in [4.78, 5) is 18.0. The van der Waals surface area contributed by atoms with Crippen molar-refractivity contribution in [3.8, 4) is 0 Å². The minimum Gasteiger partial charge on any atom is -0.380 e. The molecule has 10 heteroatoms. The molecule has 0 atom stereocenters. The van der Waals surface area contributed by atoms with Gasteiger partial charge in [0.05, 0.1) is 6.61 Å². The van der Waals surface area contributed by atoms with Crippen LogP contribution in [-0.4, -0.2) is 59.4 Å². The highest BCUT2D eigenvalue weighted by Crippen LogP contribution is 2.22. The molecule has 2 heterocycles. The summed E-state index contributed by atoms with van der Waals surface area (Å²) in [6.07, 6.45) is -2.52. The lowest BCUT2D eigenvalue weighted by molar-refractivity contribution is -0.115. The Bertz CT molecular complexity index is 617. The van der Waals surface area contributed by atoms with Crippen LogP contribution in [-0.2, 0) is 4.74 Å². The van der Waals surface area contributed by atoms with E-state index in [-0.39, 0.29) is 27.5 Å². The van der Waals surface area contributed by atoms with Gasteiger partial charge in [0.1, 0.15) is 16.9 Å². The summed E-state index contributed by atoms with van der Waals surface area (Å²) in [7, 11) is 0. The molecular formula is C14H16BrF3N4O2. The average Bonchev–Trinajstić information content (AvgIpc) is 2.80. The number of aromatic nitrogens is 1. The fourth-order valence-electron chi connectivity index (χ4n) is 2.20. The van der Waals surface area contributed by atoms with Crippen LogP contribution < -0.4 is 5.32 Å². The third-order valence-electron chi connectivity index (χ3n) is 3.35. The van der Waals surface area contributed by atoms with Crippen LogP contribution in [0, 0.1) is 5.41 Å². The summed E-state index contributed by atoms with van der Waals surface area (Å²) in [6, 6.07) is 1.24. The minimum atomic E-state index is -4.42. The fourth-order valence-corrected chi connectivity index (χ4v) is 2.52. The number of anilines is 1. The SMILES string of the molecule is N=C(Br)c1cnc(C(=O)N2CCCOCC2)cc1NCC(F)(F)F. The van der Waals surface area contributed by atoms with Crippen molar-refractivity contribution in [1.29, 1.82) is 5.41 Å². The van der Waals surface area contributed by atoms with Crippen LogP contribution in [0.25, 0.3) is 0 Å². The van der Waals surface area contributed by atoms with Crippen molar-refractivity contribution >= 4 is 32.1 Å². The third kappa shape index (κ3) is 5.17. The van der Waals surface area contributed by atoms with Crippen molar-refractivity contribution in [2.75, 3.05) is 38.2 Å². The van der Waals surface area contributed by atoms with Gasteiger partial charge in [-0.15, -0.1) is 0 Å². The van der Waals surface area contributed by atoms with Gasteiger partial charge in [-0.2, -0.15) is 13.2 Å². The van der Waals surface area contributed by atoms with Gasteiger partial charge < -0.3 is 15.0 Å². The Morgan fingerprint density at radius 3 is 2.83 bits per heavy atom. The molecule has 0 bridgehead atoms. The molecule has 2 N–H and O–H groups in total. The maximum Gasteiger partial charge on any atom is 0.405 e. The number of nitrogens with zero attached hydrogens (tertiary/aromatic N) is 2. The smallest absolute Gasteiger partial charge is 0.380 e. The number of nitrogens with one attached hydrogen (secondary N) is 2. The van der Waals surface area contributed by atoms with E-state index in [1.165, 1.54) is 12.3 Å². The van der Waals surface area contributed by atoms with Gasteiger partial charge in [-0.05, 0) is 28.4 Å². The average molecular weight is 409 g/mol. The molecule has 1 saturated heterocycles. The van der Waals surface area contributed by atoms with Gasteiger partial charge in [0.25, 0.3) is 5.91 Å². The van der Waals surface area contributed by atoms with Crippen LogP contribution in [0.5, 0.6) is 0 Å². The lowest BCUT2D eigenvalue weighted by Crippen LogP contribution is -2.34. The van der Waals surface area contributed by atoms with Gasteiger partial charge >= 0.3 is 6.18 Å². The number of rotatable bonds is 4. The van der Waals surface area contributed by atoms with E-state index < -0.39 is 12.7 Å². The van der Waals surface area contributed by atoms with Gasteiger partial charge in [0.2, 0.25) is 0 Å². The molecule has 6 nitrogen and oxygen atoms in total. The molecule has 1 aliphatic rings. The number of halogens is 4. The zero-order valence-corrected chi connectivity index (χ0v) is 14.2. The summed E-state index contributed by atoms with van der Waals surface area (Å²) < 4.78 is 42.5. The van der Waals surface area contributed by atoms with Crippen LogP contribution in [0.3, 0.4) is 0 Å². The topological polar surface area (TPSA) is 78.3 Å². The Hall–Kier alpha value is -1.68. The monoisotopic (exact) mass is 408 g/mol. The standard InChI is InChI=1S/C14H16BrF3N4O2/c15-12(19)9-7-20-11(6-10(9)21-8-14(16,17)18)13(23)22-2-1-4-24-5-3-22/h6-7,19H,1-5,8H2,(H,20,21). The zero-order valence-electron chi connectivity index (χ0n) is 12.6. The van der Waals surface area contributed by atoms with Crippen molar-refractivity contribution < 1.29 is 22.7 Å². The Morgan fingerprint density at radius 1 is 1.42 bits per heavy atom. The predicted molar refractivity (Wildman–Crippen MR) is 85.9 cm³/mol. The molecule has 132 valence electrons. The minimum absolute atomic E-state index is 0.0265. The first-order valence-corrected chi connectivity index (χ1v) is 7.99. The van der Waals surface area contributed by atoms with Crippen LogP contribution in [0.2, 0.25) is 0 Å². The van der Waals surface area contributed by atoms with Crippen LogP contribution in [0.4, 0.5) is 18.9 Å². The van der Waals surface area contributed by atoms with Crippen molar-refractivity contribution in [2.45, 2.75) is 12.6 Å². The maximum atomic E-state index is 12.5. The molecular weight excluding hydrogens is 393 g/mol. The van der Waals surface area contributed by atoms with Gasteiger partial charge in [-0.1, -0.05) is 0 Å². The van der Waals surface area contributed by atoms with Gasteiger partial charge in [-0.25, -0.2) is 0 Å². The number of hydrogen-bond acceptors (Lipinski definition) is 5. The van der Waals surface area contributed by atoms with Gasteiger partial charge in [0.15, 0.2) is 0 Å². The lowest BCUT2D eigenvalue weighted by atomic mass is 10.2. The van der Waals surface area contributed by atoms with Crippen LogP contribution in [0.1, 0.15) is 22.5 Å². The van der Waals surface area contributed by atoms with E-state index in [0.717, 1.165) is 0 Å². The number of alkyl halides is 3. The van der Waals surface area contributed by atoms with Crippen molar-refractivity contribution in [3.05, 3.63) is 23.5 Å². The molecule has 0 aliphatic carbocycles. The fraction of sp³-hybridized carbons (Fsp3) is 0.500. The predicted octanol–water partition coefficient (Wildman–Crippen LogP) is 2.64. The zero-order chi connectivity index (χ0) is 17.7. The molecule has 1 aliphatic heterocycles. The largest absolute Gasteiger partial charge is 0.405 e. The second-order valence-electron chi connectivity index (χ2n) is 5.16. The second kappa shape index (κ2) is 7.93. The van der Waals surface area contributed by atoms with Crippen LogP contribution >= 0.6 is 15.9 Å². The highest BCUT2D eigenvalue weighted by atomic mass is 79.9. The summed E-state index contributed by atoms with van der Waals surface area (Å²) in [5.41, 5.74) is 0.202. The summed E-state index contributed by atoms with van der Waals surface area (Å²) in [5, 5.41) is 9.77. The van der Waals surface area contributed by atoms with Gasteiger partial charge in [-0.3, -0.25) is 15.2 Å². The number of hydrogen-bond donors (Lipinski definition) is 2. The quantitative estimate of drug-likeness (QED) is 0.750. The molecule has 1 aromatic rings.